The molecule has 0 aliphatic carbocycles. The van der Waals surface area contributed by atoms with E-state index in [1.807, 2.05) is 6.92 Å². The quantitative estimate of drug-likeness (QED) is 0.251. The van der Waals surface area contributed by atoms with Crippen molar-refractivity contribution >= 4 is 23.7 Å². The maximum atomic E-state index is 12.7. The standard InChI is InChI=1S/C17H28N6O5/c1-3-9(2)14(17(27)28)23-16(26)12(6-10-7-20-8-21-10)22-15(25)11(18)4-5-13(19)24/h7-9,11-12,14H,3-6,18H2,1-2H3,(H2,19,24)(H,20,21)(H,22,25)(H,23,26)(H,27,28)/t9-,11-,12-,14-/m0/s1. The van der Waals surface area contributed by atoms with Gasteiger partial charge in [0.05, 0.1) is 12.4 Å². The molecule has 3 amide bonds. The van der Waals surface area contributed by atoms with Gasteiger partial charge in [0.15, 0.2) is 0 Å². The molecular weight excluding hydrogens is 368 g/mol. The number of H-pyrrole nitrogens is 1. The number of rotatable bonds is 12. The molecule has 0 unspecified atom stereocenters. The number of aromatic amines is 1. The van der Waals surface area contributed by atoms with Crippen LogP contribution in [0, 0.1) is 5.92 Å². The van der Waals surface area contributed by atoms with E-state index in [4.69, 9.17) is 11.5 Å². The molecule has 0 spiro atoms. The van der Waals surface area contributed by atoms with Crippen LogP contribution in [0.3, 0.4) is 0 Å². The van der Waals surface area contributed by atoms with Crippen LogP contribution in [0.25, 0.3) is 0 Å². The largest absolute Gasteiger partial charge is 0.480 e. The third kappa shape index (κ3) is 7.35. The Morgan fingerprint density at radius 1 is 1.25 bits per heavy atom. The number of aromatic nitrogens is 2. The van der Waals surface area contributed by atoms with E-state index >= 15 is 0 Å². The van der Waals surface area contributed by atoms with Gasteiger partial charge in [0.25, 0.3) is 0 Å². The first-order chi connectivity index (χ1) is 13.1. The van der Waals surface area contributed by atoms with Gasteiger partial charge in [0.1, 0.15) is 12.1 Å². The molecule has 1 aromatic rings. The zero-order valence-corrected chi connectivity index (χ0v) is 16.0. The second-order valence-electron chi connectivity index (χ2n) is 6.66. The van der Waals surface area contributed by atoms with E-state index < -0.39 is 41.8 Å². The maximum absolute atomic E-state index is 12.7. The molecule has 0 saturated carbocycles. The highest BCUT2D eigenvalue weighted by molar-refractivity contribution is 5.92. The summed E-state index contributed by atoms with van der Waals surface area (Å²) in [6.45, 7) is 3.52. The van der Waals surface area contributed by atoms with E-state index in [1.54, 1.807) is 6.92 Å². The first kappa shape index (κ1) is 23.1. The van der Waals surface area contributed by atoms with Crippen LogP contribution in [0.4, 0.5) is 0 Å². The highest BCUT2D eigenvalue weighted by atomic mass is 16.4. The number of primary amides is 1. The number of hydrogen-bond donors (Lipinski definition) is 6. The van der Waals surface area contributed by atoms with Gasteiger partial charge in [-0.3, -0.25) is 14.4 Å². The minimum Gasteiger partial charge on any atom is -0.480 e. The Morgan fingerprint density at radius 3 is 2.43 bits per heavy atom. The topological polar surface area (TPSA) is 193 Å². The summed E-state index contributed by atoms with van der Waals surface area (Å²) in [5.74, 6) is -3.35. The molecule has 0 aliphatic rings. The maximum Gasteiger partial charge on any atom is 0.326 e. The number of imidazole rings is 1. The molecule has 11 heteroatoms. The van der Waals surface area contributed by atoms with Crippen molar-refractivity contribution in [2.75, 3.05) is 0 Å². The summed E-state index contributed by atoms with van der Waals surface area (Å²) in [6, 6.07) is -3.20. The zero-order valence-electron chi connectivity index (χ0n) is 16.0. The third-order valence-corrected chi connectivity index (χ3v) is 4.43. The van der Waals surface area contributed by atoms with Crippen LogP contribution in [0.5, 0.6) is 0 Å². The number of carbonyl (C=O) groups is 4. The summed E-state index contributed by atoms with van der Waals surface area (Å²) in [5.41, 5.74) is 11.4. The summed E-state index contributed by atoms with van der Waals surface area (Å²) >= 11 is 0. The lowest BCUT2D eigenvalue weighted by atomic mass is 9.98. The molecule has 0 saturated heterocycles. The lowest BCUT2D eigenvalue weighted by Gasteiger charge is -2.25. The van der Waals surface area contributed by atoms with Crippen LogP contribution < -0.4 is 22.1 Å². The van der Waals surface area contributed by atoms with Gasteiger partial charge >= 0.3 is 5.97 Å². The normalized spacial score (nSPS) is 15.1. The molecule has 0 aromatic carbocycles. The Labute approximate surface area is 162 Å². The SMILES string of the molecule is CC[C@H](C)[C@H](NC(=O)[C@H](Cc1cnc[nH]1)NC(=O)[C@@H](N)CCC(N)=O)C(=O)O. The molecule has 0 aliphatic heterocycles. The van der Waals surface area contributed by atoms with Gasteiger partial charge in [-0.05, 0) is 12.3 Å². The molecule has 1 rings (SSSR count). The fourth-order valence-electron chi connectivity index (χ4n) is 2.47. The summed E-state index contributed by atoms with van der Waals surface area (Å²) in [6.07, 6.45) is 3.48. The van der Waals surface area contributed by atoms with Crippen LogP contribution in [-0.2, 0) is 25.6 Å². The monoisotopic (exact) mass is 396 g/mol. The number of nitrogens with one attached hydrogen (secondary N) is 3. The first-order valence-electron chi connectivity index (χ1n) is 9.00. The average Bonchev–Trinajstić information content (AvgIpc) is 3.15. The lowest BCUT2D eigenvalue weighted by Crippen LogP contribution is -2.56. The molecule has 4 atom stereocenters. The fourth-order valence-corrected chi connectivity index (χ4v) is 2.47. The second kappa shape index (κ2) is 11.0. The van der Waals surface area contributed by atoms with E-state index in [9.17, 15) is 24.3 Å². The van der Waals surface area contributed by atoms with E-state index in [2.05, 4.69) is 20.6 Å². The van der Waals surface area contributed by atoms with Gasteiger partial charge in [0.2, 0.25) is 17.7 Å². The Kier molecular flexibility index (Phi) is 9.09. The first-order valence-corrected chi connectivity index (χ1v) is 9.00. The summed E-state index contributed by atoms with van der Waals surface area (Å²) < 4.78 is 0. The van der Waals surface area contributed by atoms with Crippen molar-refractivity contribution < 1.29 is 24.3 Å². The predicted molar refractivity (Wildman–Crippen MR) is 99.6 cm³/mol. The van der Waals surface area contributed by atoms with E-state index in [1.165, 1.54) is 12.5 Å². The van der Waals surface area contributed by atoms with Gasteiger partial charge in [-0.2, -0.15) is 0 Å². The summed E-state index contributed by atoms with van der Waals surface area (Å²) in [5, 5.41) is 14.4. The Bertz CT molecular complexity index is 678. The van der Waals surface area contributed by atoms with Gasteiger partial charge in [-0.25, -0.2) is 9.78 Å². The molecule has 0 bridgehead atoms. The van der Waals surface area contributed by atoms with Crippen LogP contribution in [0.1, 0.15) is 38.8 Å². The highest BCUT2D eigenvalue weighted by Gasteiger charge is 2.30. The van der Waals surface area contributed by atoms with Crippen molar-refractivity contribution in [1.82, 2.24) is 20.6 Å². The highest BCUT2D eigenvalue weighted by Crippen LogP contribution is 2.09. The zero-order chi connectivity index (χ0) is 21.3. The van der Waals surface area contributed by atoms with E-state index in [-0.39, 0.29) is 25.2 Å². The molecule has 28 heavy (non-hydrogen) atoms. The second-order valence-corrected chi connectivity index (χ2v) is 6.66. The molecule has 1 heterocycles. The fraction of sp³-hybridized carbons (Fsp3) is 0.588. The van der Waals surface area contributed by atoms with Gasteiger partial charge in [-0.1, -0.05) is 20.3 Å². The number of aliphatic carboxylic acids is 1. The summed E-state index contributed by atoms with van der Waals surface area (Å²) in [7, 11) is 0. The number of carbonyl (C=O) groups excluding carboxylic acids is 3. The number of amides is 3. The number of hydrogen-bond acceptors (Lipinski definition) is 6. The van der Waals surface area contributed by atoms with Crippen molar-refractivity contribution in [3.63, 3.8) is 0 Å². The van der Waals surface area contributed by atoms with Crippen LogP contribution in [0.2, 0.25) is 0 Å². The van der Waals surface area contributed by atoms with Crippen molar-refractivity contribution in [3.05, 3.63) is 18.2 Å². The Morgan fingerprint density at radius 2 is 1.93 bits per heavy atom. The molecule has 11 nitrogen and oxygen atoms in total. The number of carboxylic acids is 1. The molecule has 156 valence electrons. The smallest absolute Gasteiger partial charge is 0.326 e. The van der Waals surface area contributed by atoms with Crippen LogP contribution >= 0.6 is 0 Å². The van der Waals surface area contributed by atoms with Crippen LogP contribution in [-0.4, -0.2) is 56.9 Å². The third-order valence-electron chi connectivity index (χ3n) is 4.43. The van der Waals surface area contributed by atoms with E-state index in [0.29, 0.717) is 12.1 Å². The van der Waals surface area contributed by atoms with Gasteiger partial charge < -0.3 is 32.2 Å². The molecular formula is C17H28N6O5. The van der Waals surface area contributed by atoms with Crippen LogP contribution in [0.15, 0.2) is 12.5 Å². The Hall–Kier alpha value is -2.95. The van der Waals surface area contributed by atoms with Gasteiger partial charge in [-0.15, -0.1) is 0 Å². The molecule has 0 radical (unpaired) electrons. The van der Waals surface area contributed by atoms with Crippen molar-refractivity contribution in [2.24, 2.45) is 17.4 Å². The minimum absolute atomic E-state index is 0.0319. The lowest BCUT2D eigenvalue weighted by molar-refractivity contribution is -0.143. The number of nitrogens with two attached hydrogens (primary N) is 2. The number of carboxylic acid groups (broad SMARTS) is 1. The van der Waals surface area contributed by atoms with E-state index in [0.717, 1.165) is 0 Å². The van der Waals surface area contributed by atoms with Crippen molar-refractivity contribution in [1.29, 1.82) is 0 Å². The molecule has 0 fully saturated rings. The van der Waals surface area contributed by atoms with Crippen molar-refractivity contribution in [3.8, 4) is 0 Å². The predicted octanol–water partition coefficient (Wildman–Crippen LogP) is -1.35. The van der Waals surface area contributed by atoms with Crippen molar-refractivity contribution in [2.45, 2.75) is 57.7 Å². The molecule has 1 aromatic heterocycles. The minimum atomic E-state index is -1.16. The Balaban J connectivity index is 2.88. The number of nitrogens with zero attached hydrogens (tertiary/aromatic N) is 1. The average molecular weight is 396 g/mol. The summed E-state index contributed by atoms with van der Waals surface area (Å²) in [4.78, 5) is 54.0. The molecule has 8 N–H and O–H groups in total. The van der Waals surface area contributed by atoms with Gasteiger partial charge in [0, 0.05) is 24.7 Å².